The molecular weight excluding hydrogens is 570 g/mol. The average molecular weight is 600 g/mol. The second-order valence-corrected chi connectivity index (χ2v) is 10.4. The van der Waals surface area contributed by atoms with Crippen molar-refractivity contribution in [3.05, 3.63) is 70.7 Å². The predicted molar refractivity (Wildman–Crippen MR) is 142 cm³/mol. The Morgan fingerprint density at radius 3 is 2.46 bits per heavy atom. The van der Waals surface area contributed by atoms with E-state index >= 15 is 8.78 Å². The van der Waals surface area contributed by atoms with Crippen LogP contribution in [0.5, 0.6) is 0 Å². The van der Waals surface area contributed by atoms with Gasteiger partial charge in [0, 0.05) is 29.5 Å². The first-order valence-electron chi connectivity index (χ1n) is 12.9. The lowest BCUT2D eigenvalue weighted by Gasteiger charge is -2.33. The SMILES string of the molecule is C[C@](CCC(F)F)(NC(=O)OC(c1ccccc1)C(F)(F)c1cccc(Cl)c1)C(=O)N[C@H](C=O)C[C@@H]1CCNC1=O. The lowest BCUT2D eigenvalue weighted by Crippen LogP contribution is -2.59. The van der Waals surface area contributed by atoms with E-state index in [4.69, 9.17) is 16.3 Å². The number of carbonyl (C=O) groups excluding carboxylic acids is 4. The first kappa shape index (κ1) is 31.9. The maximum absolute atomic E-state index is 15.7. The maximum atomic E-state index is 15.7. The molecule has 0 saturated carbocycles. The summed E-state index contributed by atoms with van der Waals surface area (Å²) in [5, 5.41) is 7.15. The Morgan fingerprint density at radius 2 is 1.88 bits per heavy atom. The number of ether oxygens (including phenoxy) is 1. The molecular formula is C28H30ClF4N3O5. The summed E-state index contributed by atoms with van der Waals surface area (Å²) in [6.07, 6.45) is -7.17. The van der Waals surface area contributed by atoms with E-state index in [0.717, 1.165) is 19.1 Å². The maximum Gasteiger partial charge on any atom is 0.408 e. The zero-order chi connectivity index (χ0) is 30.2. The summed E-state index contributed by atoms with van der Waals surface area (Å²) in [5.41, 5.74) is -2.71. The minimum atomic E-state index is -3.80. The normalized spacial score (nSPS) is 18.1. The molecule has 1 unspecified atom stereocenters. The van der Waals surface area contributed by atoms with Crippen molar-refractivity contribution in [2.45, 2.75) is 62.6 Å². The molecule has 1 saturated heterocycles. The molecule has 0 aliphatic carbocycles. The third-order valence-electron chi connectivity index (χ3n) is 6.79. The Morgan fingerprint density at radius 1 is 1.17 bits per heavy atom. The molecule has 222 valence electrons. The van der Waals surface area contributed by atoms with Crippen LogP contribution >= 0.6 is 11.6 Å². The van der Waals surface area contributed by atoms with Gasteiger partial charge in [0.2, 0.25) is 18.2 Å². The van der Waals surface area contributed by atoms with Crippen LogP contribution in [0, 0.1) is 5.92 Å². The number of rotatable bonds is 13. The molecule has 3 amide bonds. The van der Waals surface area contributed by atoms with E-state index in [1.54, 1.807) is 6.07 Å². The highest BCUT2D eigenvalue weighted by Gasteiger charge is 2.47. The fraction of sp³-hybridized carbons (Fsp3) is 0.429. The zero-order valence-corrected chi connectivity index (χ0v) is 22.8. The fourth-order valence-electron chi connectivity index (χ4n) is 4.47. The van der Waals surface area contributed by atoms with Gasteiger partial charge >= 0.3 is 12.0 Å². The van der Waals surface area contributed by atoms with Crippen molar-refractivity contribution in [2.24, 2.45) is 5.92 Å². The van der Waals surface area contributed by atoms with Crippen molar-refractivity contribution < 1.29 is 41.5 Å². The Balaban J connectivity index is 1.84. The van der Waals surface area contributed by atoms with Crippen LogP contribution in [0.1, 0.15) is 49.8 Å². The third kappa shape index (κ3) is 8.42. The Labute approximate surface area is 239 Å². The fourth-order valence-corrected chi connectivity index (χ4v) is 4.66. The van der Waals surface area contributed by atoms with Gasteiger partial charge in [-0.25, -0.2) is 13.6 Å². The number of amides is 3. The van der Waals surface area contributed by atoms with E-state index in [-0.39, 0.29) is 22.9 Å². The van der Waals surface area contributed by atoms with E-state index in [0.29, 0.717) is 19.3 Å². The number of aldehydes is 1. The van der Waals surface area contributed by atoms with E-state index in [2.05, 4.69) is 16.0 Å². The number of hydrogen-bond acceptors (Lipinski definition) is 5. The van der Waals surface area contributed by atoms with Crippen molar-refractivity contribution in [1.29, 1.82) is 0 Å². The molecule has 2 aromatic carbocycles. The predicted octanol–water partition coefficient (Wildman–Crippen LogP) is 4.91. The molecule has 0 spiro atoms. The van der Waals surface area contributed by atoms with Crippen LogP contribution in [0.4, 0.5) is 22.4 Å². The summed E-state index contributed by atoms with van der Waals surface area (Å²) in [6.45, 7) is 1.52. The highest BCUT2D eigenvalue weighted by atomic mass is 35.5. The van der Waals surface area contributed by atoms with Gasteiger partial charge in [-0.2, -0.15) is 8.78 Å². The summed E-state index contributed by atoms with van der Waals surface area (Å²) in [5.74, 6) is -5.66. The van der Waals surface area contributed by atoms with Crippen molar-refractivity contribution >= 4 is 35.8 Å². The smallest absolute Gasteiger partial charge is 0.408 e. The first-order valence-corrected chi connectivity index (χ1v) is 13.2. The van der Waals surface area contributed by atoms with Gasteiger partial charge < -0.3 is 25.5 Å². The number of carbonyl (C=O) groups is 4. The Bertz CT molecular complexity index is 1240. The molecule has 1 aliphatic heterocycles. The highest BCUT2D eigenvalue weighted by molar-refractivity contribution is 6.30. The van der Waals surface area contributed by atoms with Crippen LogP contribution in [0.3, 0.4) is 0 Å². The van der Waals surface area contributed by atoms with Gasteiger partial charge in [-0.3, -0.25) is 9.59 Å². The standard InChI is InChI=1S/C28H30ClF4N3O5/c1-27(12-10-22(30)31,25(39)35-21(16-37)14-18-11-13-34-24(18)38)36-26(40)41-23(17-6-3-2-4-7-17)28(32,33)19-8-5-9-20(29)15-19/h2-9,15-16,18,21-23H,10-14H2,1H3,(H,34,38)(H,35,39)(H,36,40)/t18-,21-,23?,27+/m0/s1. The molecule has 8 nitrogen and oxygen atoms in total. The second kappa shape index (κ2) is 13.8. The molecule has 0 aromatic heterocycles. The topological polar surface area (TPSA) is 114 Å². The van der Waals surface area contributed by atoms with Crippen LogP contribution in [-0.2, 0) is 25.0 Å². The summed E-state index contributed by atoms with van der Waals surface area (Å²) in [7, 11) is 0. The lowest BCUT2D eigenvalue weighted by atomic mass is 9.93. The lowest BCUT2D eigenvalue weighted by molar-refractivity contribution is -0.132. The van der Waals surface area contributed by atoms with Gasteiger partial charge in [-0.05, 0) is 43.9 Å². The molecule has 41 heavy (non-hydrogen) atoms. The van der Waals surface area contributed by atoms with Crippen LogP contribution < -0.4 is 16.0 Å². The van der Waals surface area contributed by atoms with E-state index in [9.17, 15) is 28.0 Å². The molecule has 13 heteroatoms. The Kier molecular flexibility index (Phi) is 10.7. The molecule has 1 fully saturated rings. The molecule has 3 N–H and O–H groups in total. The average Bonchev–Trinajstić information content (AvgIpc) is 3.34. The monoisotopic (exact) mass is 599 g/mol. The Hall–Kier alpha value is -3.67. The minimum absolute atomic E-state index is 0.0227. The number of alkyl carbamates (subject to hydrolysis) is 1. The highest BCUT2D eigenvalue weighted by Crippen LogP contribution is 2.43. The quantitative estimate of drug-likeness (QED) is 0.224. The van der Waals surface area contributed by atoms with E-state index in [1.807, 2.05) is 0 Å². The van der Waals surface area contributed by atoms with Crippen molar-refractivity contribution in [3.8, 4) is 0 Å². The summed E-state index contributed by atoms with van der Waals surface area (Å²) in [4.78, 5) is 49.8. The third-order valence-corrected chi connectivity index (χ3v) is 7.02. The molecule has 1 aliphatic rings. The molecule has 3 rings (SSSR count). The van der Waals surface area contributed by atoms with Crippen LogP contribution in [0.25, 0.3) is 0 Å². The number of benzene rings is 2. The first-order chi connectivity index (χ1) is 19.4. The van der Waals surface area contributed by atoms with Gasteiger partial charge in [-0.1, -0.05) is 54.1 Å². The van der Waals surface area contributed by atoms with Gasteiger partial charge in [0.05, 0.1) is 6.04 Å². The van der Waals surface area contributed by atoms with E-state index < -0.39 is 66.4 Å². The largest absolute Gasteiger partial charge is 0.434 e. The van der Waals surface area contributed by atoms with Crippen molar-refractivity contribution in [2.75, 3.05) is 6.54 Å². The molecule has 0 radical (unpaired) electrons. The summed E-state index contributed by atoms with van der Waals surface area (Å²) < 4.78 is 62.9. The molecule has 0 bridgehead atoms. The van der Waals surface area contributed by atoms with Gasteiger partial charge in [0.15, 0.2) is 6.10 Å². The molecule has 2 aromatic rings. The van der Waals surface area contributed by atoms with Crippen LogP contribution in [0.15, 0.2) is 54.6 Å². The summed E-state index contributed by atoms with van der Waals surface area (Å²) in [6, 6.07) is 10.8. The van der Waals surface area contributed by atoms with Gasteiger partial charge in [0.25, 0.3) is 0 Å². The van der Waals surface area contributed by atoms with Gasteiger partial charge in [-0.15, -0.1) is 0 Å². The van der Waals surface area contributed by atoms with Crippen molar-refractivity contribution in [3.63, 3.8) is 0 Å². The minimum Gasteiger partial charge on any atom is -0.434 e. The zero-order valence-electron chi connectivity index (χ0n) is 22.0. The second-order valence-electron chi connectivity index (χ2n) is 9.94. The number of alkyl halides is 4. The van der Waals surface area contributed by atoms with Crippen molar-refractivity contribution in [1.82, 2.24) is 16.0 Å². The number of hydrogen-bond donors (Lipinski definition) is 3. The summed E-state index contributed by atoms with van der Waals surface area (Å²) >= 11 is 5.90. The van der Waals surface area contributed by atoms with E-state index in [1.165, 1.54) is 36.4 Å². The van der Waals surface area contributed by atoms with Crippen LogP contribution in [0.2, 0.25) is 5.02 Å². The molecule has 4 atom stereocenters. The van der Waals surface area contributed by atoms with Crippen LogP contribution in [-0.4, -0.2) is 48.7 Å². The number of halogens is 5. The molecule has 1 heterocycles. The van der Waals surface area contributed by atoms with Gasteiger partial charge in [0.1, 0.15) is 11.8 Å². The number of nitrogens with one attached hydrogen (secondary N) is 3.